The zero-order chi connectivity index (χ0) is 8.65. The van der Waals surface area contributed by atoms with Gasteiger partial charge in [-0.3, -0.25) is 0 Å². The number of thioether (sulfide) groups is 2. The van der Waals surface area contributed by atoms with Crippen molar-refractivity contribution in [2.75, 3.05) is 29.6 Å². The van der Waals surface area contributed by atoms with E-state index in [1.807, 2.05) is 11.8 Å². The summed E-state index contributed by atoms with van der Waals surface area (Å²) in [4.78, 5) is 0. The number of hydrogen-bond acceptors (Lipinski definition) is 3. The van der Waals surface area contributed by atoms with Crippen molar-refractivity contribution in [3.8, 4) is 0 Å². The Balaban J connectivity index is 1.91. The van der Waals surface area contributed by atoms with Gasteiger partial charge in [-0.05, 0) is 24.3 Å². The first kappa shape index (κ1) is 10.7. The summed E-state index contributed by atoms with van der Waals surface area (Å²) >= 11 is 4.12. The fraction of sp³-hybridized carbons (Fsp3) is 1.00. The van der Waals surface area contributed by atoms with E-state index in [1.165, 1.54) is 42.4 Å². The summed E-state index contributed by atoms with van der Waals surface area (Å²) in [5, 5.41) is 3.61. The minimum atomic E-state index is 0.807. The van der Waals surface area contributed by atoms with Crippen molar-refractivity contribution in [3.05, 3.63) is 0 Å². The lowest BCUT2D eigenvalue weighted by molar-refractivity contribution is 0.525. The average Bonchev–Trinajstić information content (AvgIpc) is 2.14. The summed E-state index contributed by atoms with van der Waals surface area (Å²) in [6.07, 6.45) is 2.80. The Kier molecular flexibility index (Phi) is 6.35. The van der Waals surface area contributed by atoms with Gasteiger partial charge in [-0.2, -0.15) is 23.5 Å². The zero-order valence-corrected chi connectivity index (χ0v) is 9.48. The van der Waals surface area contributed by atoms with Gasteiger partial charge < -0.3 is 5.32 Å². The third kappa shape index (κ3) is 4.63. The van der Waals surface area contributed by atoms with Crippen molar-refractivity contribution < 1.29 is 0 Å². The Labute approximate surface area is 84.4 Å². The molecule has 1 N–H and O–H groups in total. The van der Waals surface area contributed by atoms with E-state index in [0.717, 1.165) is 6.04 Å². The van der Waals surface area contributed by atoms with Crippen LogP contribution < -0.4 is 5.32 Å². The van der Waals surface area contributed by atoms with Gasteiger partial charge in [0.2, 0.25) is 0 Å². The molecule has 0 aromatic heterocycles. The summed E-state index contributed by atoms with van der Waals surface area (Å²) in [6, 6.07) is 0.807. The molecule has 1 aliphatic rings. The van der Waals surface area contributed by atoms with E-state index in [4.69, 9.17) is 0 Å². The Hall–Kier alpha value is 0.660. The Morgan fingerprint density at radius 1 is 1.58 bits per heavy atom. The van der Waals surface area contributed by atoms with Crippen LogP contribution in [0.3, 0.4) is 0 Å². The van der Waals surface area contributed by atoms with Crippen LogP contribution in [0.15, 0.2) is 0 Å². The molecule has 1 heterocycles. The second kappa shape index (κ2) is 7.10. The molecule has 0 aromatic carbocycles. The molecule has 3 heteroatoms. The third-order valence-electron chi connectivity index (χ3n) is 2.04. The first-order chi connectivity index (χ1) is 5.93. The standard InChI is InChI=1S/C9H19NS2/c1-2-11-7-5-10-9-4-3-6-12-8-9/h9-10H,2-8H2,1H3. The molecule has 0 amide bonds. The van der Waals surface area contributed by atoms with E-state index in [1.54, 1.807) is 0 Å². The van der Waals surface area contributed by atoms with Gasteiger partial charge in [0, 0.05) is 24.1 Å². The van der Waals surface area contributed by atoms with Crippen molar-refractivity contribution in [2.24, 2.45) is 0 Å². The van der Waals surface area contributed by atoms with Crippen LogP contribution in [0, 0.1) is 0 Å². The van der Waals surface area contributed by atoms with Crippen molar-refractivity contribution in [2.45, 2.75) is 25.8 Å². The van der Waals surface area contributed by atoms with Crippen LogP contribution in [0.5, 0.6) is 0 Å². The molecule has 1 atom stereocenters. The van der Waals surface area contributed by atoms with Crippen LogP contribution >= 0.6 is 23.5 Å². The quantitative estimate of drug-likeness (QED) is 0.691. The van der Waals surface area contributed by atoms with Gasteiger partial charge in [-0.15, -0.1) is 0 Å². The lowest BCUT2D eigenvalue weighted by atomic mass is 10.2. The van der Waals surface area contributed by atoms with Gasteiger partial charge in [0.1, 0.15) is 0 Å². The maximum Gasteiger partial charge on any atom is 0.0158 e. The molecule has 1 aliphatic heterocycles. The van der Waals surface area contributed by atoms with Crippen molar-refractivity contribution >= 4 is 23.5 Å². The first-order valence-electron chi connectivity index (χ1n) is 4.82. The minimum absolute atomic E-state index is 0.807. The summed E-state index contributed by atoms with van der Waals surface area (Å²) in [5.41, 5.74) is 0. The van der Waals surface area contributed by atoms with Crippen LogP contribution in [0.1, 0.15) is 19.8 Å². The van der Waals surface area contributed by atoms with Crippen LogP contribution in [0.2, 0.25) is 0 Å². The van der Waals surface area contributed by atoms with E-state index < -0.39 is 0 Å². The van der Waals surface area contributed by atoms with Crippen LogP contribution in [0.25, 0.3) is 0 Å². The predicted molar refractivity (Wildman–Crippen MR) is 61.3 cm³/mol. The molecule has 1 nitrogen and oxygen atoms in total. The molecule has 72 valence electrons. The number of rotatable bonds is 5. The largest absolute Gasteiger partial charge is 0.312 e. The molecule has 1 saturated heterocycles. The van der Waals surface area contributed by atoms with Crippen molar-refractivity contribution in [3.63, 3.8) is 0 Å². The number of hydrogen-bond donors (Lipinski definition) is 1. The van der Waals surface area contributed by atoms with E-state index in [9.17, 15) is 0 Å². The number of nitrogens with one attached hydrogen (secondary N) is 1. The van der Waals surface area contributed by atoms with E-state index in [0.29, 0.717) is 0 Å². The van der Waals surface area contributed by atoms with Crippen LogP contribution in [-0.4, -0.2) is 35.6 Å². The van der Waals surface area contributed by atoms with Gasteiger partial charge in [0.25, 0.3) is 0 Å². The molecular weight excluding hydrogens is 186 g/mol. The highest BCUT2D eigenvalue weighted by Gasteiger charge is 2.11. The second-order valence-corrected chi connectivity index (χ2v) is 5.61. The third-order valence-corrected chi connectivity index (χ3v) is 4.16. The SMILES string of the molecule is CCSCCNC1CCCSC1. The molecule has 0 saturated carbocycles. The fourth-order valence-corrected chi connectivity index (χ4v) is 3.04. The smallest absolute Gasteiger partial charge is 0.0158 e. The lowest BCUT2D eigenvalue weighted by Crippen LogP contribution is -2.35. The molecule has 0 bridgehead atoms. The highest BCUT2D eigenvalue weighted by atomic mass is 32.2. The summed E-state index contributed by atoms with van der Waals surface area (Å²) in [7, 11) is 0. The van der Waals surface area contributed by atoms with E-state index in [-0.39, 0.29) is 0 Å². The lowest BCUT2D eigenvalue weighted by Gasteiger charge is -2.22. The molecule has 1 unspecified atom stereocenters. The molecule has 12 heavy (non-hydrogen) atoms. The van der Waals surface area contributed by atoms with Gasteiger partial charge in [0.15, 0.2) is 0 Å². The van der Waals surface area contributed by atoms with E-state index >= 15 is 0 Å². The molecular formula is C9H19NS2. The van der Waals surface area contributed by atoms with Crippen molar-refractivity contribution in [1.82, 2.24) is 5.32 Å². The van der Waals surface area contributed by atoms with Crippen molar-refractivity contribution in [1.29, 1.82) is 0 Å². The molecule has 1 rings (SSSR count). The van der Waals surface area contributed by atoms with Gasteiger partial charge in [-0.25, -0.2) is 0 Å². The molecule has 0 aliphatic carbocycles. The Morgan fingerprint density at radius 2 is 2.50 bits per heavy atom. The highest BCUT2D eigenvalue weighted by Crippen LogP contribution is 2.16. The topological polar surface area (TPSA) is 12.0 Å². The molecule has 0 spiro atoms. The fourth-order valence-electron chi connectivity index (χ4n) is 1.38. The van der Waals surface area contributed by atoms with Gasteiger partial charge in [0.05, 0.1) is 0 Å². The minimum Gasteiger partial charge on any atom is -0.312 e. The molecule has 0 radical (unpaired) electrons. The highest BCUT2D eigenvalue weighted by molar-refractivity contribution is 7.99. The Bertz CT molecular complexity index is 103. The van der Waals surface area contributed by atoms with E-state index in [2.05, 4.69) is 24.0 Å². The Morgan fingerprint density at radius 3 is 3.17 bits per heavy atom. The van der Waals surface area contributed by atoms with Crippen LogP contribution in [0.4, 0.5) is 0 Å². The summed E-state index contributed by atoms with van der Waals surface area (Å²) in [5.74, 6) is 5.23. The van der Waals surface area contributed by atoms with Crippen LogP contribution in [-0.2, 0) is 0 Å². The summed E-state index contributed by atoms with van der Waals surface area (Å²) < 4.78 is 0. The maximum atomic E-state index is 3.61. The molecule has 0 aromatic rings. The molecule has 1 fully saturated rings. The summed E-state index contributed by atoms with van der Waals surface area (Å²) in [6.45, 7) is 3.42. The van der Waals surface area contributed by atoms with Gasteiger partial charge >= 0.3 is 0 Å². The zero-order valence-electron chi connectivity index (χ0n) is 7.84. The monoisotopic (exact) mass is 205 g/mol. The second-order valence-electron chi connectivity index (χ2n) is 3.07. The maximum absolute atomic E-state index is 3.61. The normalized spacial score (nSPS) is 24.2. The average molecular weight is 205 g/mol. The predicted octanol–water partition coefficient (Wildman–Crippen LogP) is 2.22. The first-order valence-corrected chi connectivity index (χ1v) is 7.13. The van der Waals surface area contributed by atoms with Gasteiger partial charge in [-0.1, -0.05) is 6.92 Å².